The molecule has 7 nitrogen and oxygen atoms in total. The van der Waals surface area contributed by atoms with Crippen molar-refractivity contribution in [2.45, 2.75) is 38.0 Å². The number of aryl methyl sites for hydroxylation is 1. The van der Waals surface area contributed by atoms with Gasteiger partial charge in [-0.25, -0.2) is 12.8 Å². The molecule has 0 atom stereocenters. The average molecular weight is 431 g/mol. The van der Waals surface area contributed by atoms with Crippen LogP contribution in [0.25, 0.3) is 0 Å². The summed E-state index contributed by atoms with van der Waals surface area (Å²) < 4.78 is 46.0. The zero-order chi connectivity index (χ0) is 22.1. The Morgan fingerprint density at radius 3 is 2.30 bits per heavy atom. The predicted molar refractivity (Wildman–Crippen MR) is 112 cm³/mol. The first kappa shape index (κ1) is 21.5. The number of sulfonamides is 1. The molecule has 158 valence electrons. The van der Waals surface area contributed by atoms with Gasteiger partial charge in [-0.05, 0) is 55.0 Å². The van der Waals surface area contributed by atoms with Crippen LogP contribution in [0.3, 0.4) is 0 Å². The summed E-state index contributed by atoms with van der Waals surface area (Å²) in [5.74, 6) is 0.0401. The minimum atomic E-state index is -3.89. The Labute approximate surface area is 174 Å². The molecule has 0 fully saturated rings. The standard InChI is InChI=1S/C21H22FN3O4S/c1-13-11-16(9-10-17(13)22)30(27,28)25-15-7-5-14(6-8-15)20(26)23-19-12-18(29-24-19)21(2,3)4/h5-12,25H,1-4H3,(H,23,24,26). The SMILES string of the molecule is Cc1cc(S(=O)(=O)Nc2ccc(C(=O)Nc3cc(C(C)(C)C)on3)cc2)ccc1F. The molecule has 0 aliphatic carbocycles. The Bertz CT molecular complexity index is 1180. The fraction of sp³-hybridized carbons (Fsp3) is 0.238. The van der Waals surface area contributed by atoms with Gasteiger partial charge in [-0.15, -0.1) is 0 Å². The van der Waals surface area contributed by atoms with E-state index in [0.29, 0.717) is 17.1 Å². The maximum atomic E-state index is 13.4. The molecule has 0 saturated carbocycles. The molecular formula is C21H22FN3O4S. The van der Waals surface area contributed by atoms with Crippen LogP contribution in [-0.4, -0.2) is 19.5 Å². The fourth-order valence-corrected chi connectivity index (χ4v) is 3.71. The van der Waals surface area contributed by atoms with Crippen molar-refractivity contribution in [3.8, 4) is 0 Å². The van der Waals surface area contributed by atoms with Gasteiger partial charge >= 0.3 is 0 Å². The van der Waals surface area contributed by atoms with Crippen LogP contribution in [0, 0.1) is 12.7 Å². The van der Waals surface area contributed by atoms with Crippen LogP contribution in [-0.2, 0) is 15.4 Å². The molecule has 9 heteroatoms. The highest BCUT2D eigenvalue weighted by Gasteiger charge is 2.21. The van der Waals surface area contributed by atoms with E-state index in [1.807, 2.05) is 20.8 Å². The molecule has 3 rings (SSSR count). The maximum absolute atomic E-state index is 13.4. The van der Waals surface area contributed by atoms with E-state index in [-0.39, 0.29) is 21.6 Å². The smallest absolute Gasteiger partial charge is 0.261 e. The van der Waals surface area contributed by atoms with E-state index in [9.17, 15) is 17.6 Å². The van der Waals surface area contributed by atoms with E-state index < -0.39 is 21.7 Å². The van der Waals surface area contributed by atoms with Crippen LogP contribution in [0.4, 0.5) is 15.9 Å². The van der Waals surface area contributed by atoms with E-state index in [0.717, 1.165) is 6.07 Å². The summed E-state index contributed by atoms with van der Waals surface area (Å²) >= 11 is 0. The van der Waals surface area contributed by atoms with Crippen LogP contribution in [0.1, 0.15) is 42.5 Å². The zero-order valence-corrected chi connectivity index (χ0v) is 17.8. The minimum Gasteiger partial charge on any atom is -0.359 e. The number of aromatic nitrogens is 1. The number of carbonyl (C=O) groups is 1. The molecule has 0 unspecified atom stereocenters. The summed E-state index contributed by atoms with van der Waals surface area (Å²) in [6, 6.07) is 11.1. The molecule has 2 aromatic carbocycles. The van der Waals surface area contributed by atoms with Crippen LogP contribution in [0.2, 0.25) is 0 Å². The largest absolute Gasteiger partial charge is 0.359 e. The Kier molecular flexibility index (Phi) is 5.67. The topological polar surface area (TPSA) is 101 Å². The van der Waals surface area contributed by atoms with Crippen LogP contribution in [0.5, 0.6) is 0 Å². The lowest BCUT2D eigenvalue weighted by Gasteiger charge is -2.12. The van der Waals surface area contributed by atoms with Gasteiger partial charge < -0.3 is 9.84 Å². The van der Waals surface area contributed by atoms with Crippen molar-refractivity contribution in [2.24, 2.45) is 0 Å². The molecule has 1 heterocycles. The van der Waals surface area contributed by atoms with E-state index in [4.69, 9.17) is 4.52 Å². The number of carbonyl (C=O) groups excluding carboxylic acids is 1. The van der Waals surface area contributed by atoms with Gasteiger partial charge in [-0.2, -0.15) is 0 Å². The van der Waals surface area contributed by atoms with E-state index in [1.54, 1.807) is 6.07 Å². The Morgan fingerprint density at radius 2 is 1.73 bits per heavy atom. The van der Waals surface area contributed by atoms with Gasteiger partial charge in [0.25, 0.3) is 15.9 Å². The summed E-state index contributed by atoms with van der Waals surface area (Å²) in [6.07, 6.45) is 0. The summed E-state index contributed by atoms with van der Waals surface area (Å²) in [5.41, 5.74) is 0.575. The van der Waals surface area contributed by atoms with Crippen LogP contribution < -0.4 is 10.0 Å². The minimum absolute atomic E-state index is 0.0519. The fourth-order valence-electron chi connectivity index (χ4n) is 2.56. The number of rotatable bonds is 5. The first-order valence-electron chi connectivity index (χ1n) is 9.13. The number of anilines is 2. The second kappa shape index (κ2) is 7.91. The van der Waals surface area contributed by atoms with Crippen LogP contribution >= 0.6 is 0 Å². The highest BCUT2D eigenvalue weighted by molar-refractivity contribution is 7.92. The Morgan fingerprint density at radius 1 is 1.07 bits per heavy atom. The third kappa shape index (κ3) is 4.85. The van der Waals surface area contributed by atoms with Gasteiger partial charge in [-0.3, -0.25) is 9.52 Å². The maximum Gasteiger partial charge on any atom is 0.261 e. The monoisotopic (exact) mass is 431 g/mol. The molecule has 2 N–H and O–H groups in total. The summed E-state index contributed by atoms with van der Waals surface area (Å²) in [5, 5.41) is 6.47. The first-order valence-corrected chi connectivity index (χ1v) is 10.6. The van der Waals surface area contributed by atoms with Gasteiger partial charge in [0, 0.05) is 22.7 Å². The highest BCUT2D eigenvalue weighted by atomic mass is 32.2. The third-order valence-corrected chi connectivity index (χ3v) is 5.71. The van der Waals surface area contributed by atoms with Gasteiger partial charge in [0.05, 0.1) is 4.90 Å². The number of hydrogen-bond acceptors (Lipinski definition) is 5. The van der Waals surface area contributed by atoms with Crippen molar-refractivity contribution in [1.29, 1.82) is 0 Å². The normalized spacial score (nSPS) is 11.9. The molecule has 0 saturated heterocycles. The molecule has 0 spiro atoms. The predicted octanol–water partition coefficient (Wildman–Crippen LogP) is 4.47. The molecule has 1 amide bonds. The molecule has 0 bridgehead atoms. The second-order valence-corrected chi connectivity index (χ2v) is 9.56. The number of nitrogens with one attached hydrogen (secondary N) is 2. The van der Waals surface area contributed by atoms with Crippen molar-refractivity contribution >= 4 is 27.4 Å². The summed E-state index contributed by atoms with van der Waals surface area (Å²) in [7, 11) is -3.89. The number of nitrogens with zero attached hydrogens (tertiary/aromatic N) is 1. The van der Waals surface area contributed by atoms with Gasteiger partial charge in [-0.1, -0.05) is 25.9 Å². The number of benzene rings is 2. The summed E-state index contributed by atoms with van der Waals surface area (Å²) in [6.45, 7) is 7.38. The van der Waals surface area contributed by atoms with Gasteiger partial charge in [0.1, 0.15) is 11.6 Å². The molecule has 0 aliphatic rings. The summed E-state index contributed by atoms with van der Waals surface area (Å²) in [4.78, 5) is 12.3. The molecular weight excluding hydrogens is 409 g/mol. The van der Waals surface area contributed by atoms with Gasteiger partial charge in [0.15, 0.2) is 5.82 Å². The highest BCUT2D eigenvalue weighted by Crippen LogP contribution is 2.25. The molecule has 3 aromatic rings. The Balaban J connectivity index is 1.70. The lowest BCUT2D eigenvalue weighted by Crippen LogP contribution is -2.14. The van der Waals surface area contributed by atoms with Crippen molar-refractivity contribution in [1.82, 2.24) is 5.16 Å². The zero-order valence-electron chi connectivity index (χ0n) is 17.0. The van der Waals surface area contributed by atoms with E-state index in [1.165, 1.54) is 43.3 Å². The molecule has 30 heavy (non-hydrogen) atoms. The third-order valence-electron chi connectivity index (χ3n) is 4.33. The quantitative estimate of drug-likeness (QED) is 0.621. The van der Waals surface area contributed by atoms with Crippen molar-refractivity contribution in [3.05, 3.63) is 71.2 Å². The lowest BCUT2D eigenvalue weighted by molar-refractivity contribution is 0.102. The Hall–Kier alpha value is -3.20. The number of hydrogen-bond donors (Lipinski definition) is 2. The van der Waals surface area contributed by atoms with E-state index in [2.05, 4.69) is 15.2 Å². The van der Waals surface area contributed by atoms with Crippen molar-refractivity contribution in [3.63, 3.8) is 0 Å². The first-order chi connectivity index (χ1) is 14.0. The lowest BCUT2D eigenvalue weighted by atomic mass is 9.93. The second-order valence-electron chi connectivity index (χ2n) is 7.87. The molecule has 0 aliphatic heterocycles. The average Bonchev–Trinajstić information content (AvgIpc) is 3.13. The van der Waals surface area contributed by atoms with Crippen molar-refractivity contribution in [2.75, 3.05) is 10.0 Å². The van der Waals surface area contributed by atoms with Gasteiger partial charge in [0.2, 0.25) is 0 Å². The molecule has 0 radical (unpaired) electrons. The van der Waals surface area contributed by atoms with Crippen LogP contribution in [0.15, 0.2) is 57.9 Å². The molecule has 1 aromatic heterocycles. The number of halogens is 1. The number of amides is 1. The van der Waals surface area contributed by atoms with E-state index >= 15 is 0 Å². The van der Waals surface area contributed by atoms with Crippen molar-refractivity contribution < 1.29 is 22.1 Å².